The molecule has 0 saturated carbocycles. The molecule has 4 N–H and O–H groups in total. The summed E-state index contributed by atoms with van der Waals surface area (Å²) in [6.07, 6.45) is 2.17. The van der Waals surface area contributed by atoms with Crippen molar-refractivity contribution in [3.05, 3.63) is 23.5 Å². The molecule has 0 spiro atoms. The van der Waals surface area contributed by atoms with Gasteiger partial charge in [-0.3, -0.25) is 0 Å². The highest BCUT2D eigenvalue weighted by Gasteiger charge is 2.20. The number of carboxylic acid groups (broad SMARTS) is 1. The van der Waals surface area contributed by atoms with E-state index >= 15 is 0 Å². The molecule has 1 aromatic carbocycles. The van der Waals surface area contributed by atoms with Gasteiger partial charge in [0.25, 0.3) is 0 Å². The Bertz CT molecular complexity index is 514. The summed E-state index contributed by atoms with van der Waals surface area (Å²) in [5, 5.41) is 12.3. The first kappa shape index (κ1) is 15.6. The number of hydrogen-bond acceptors (Lipinski definition) is 4. The van der Waals surface area contributed by atoms with Crippen LogP contribution in [0.25, 0.3) is 0 Å². The van der Waals surface area contributed by atoms with Gasteiger partial charge in [-0.25, -0.2) is 9.18 Å². The Morgan fingerprint density at radius 2 is 2.14 bits per heavy atom. The molecule has 0 unspecified atom stereocenters. The van der Waals surface area contributed by atoms with E-state index in [1.165, 1.54) is 12.1 Å². The standard InChI is InChI=1S/C15H22FN3O2/c1-2-19-7-5-10(6-8-19)9-18-12-4-3-11(16)14(17)13(12)15(20)21/h3-4,10,18H,2,5-9,17H2,1H3,(H,20,21). The summed E-state index contributed by atoms with van der Waals surface area (Å²) in [5.74, 6) is -1.41. The van der Waals surface area contributed by atoms with E-state index in [1.807, 2.05) is 0 Å². The lowest BCUT2D eigenvalue weighted by atomic mass is 9.96. The molecule has 6 heteroatoms. The third-order valence-electron chi connectivity index (χ3n) is 4.14. The Hall–Kier alpha value is -1.82. The second kappa shape index (κ2) is 6.76. The monoisotopic (exact) mass is 295 g/mol. The van der Waals surface area contributed by atoms with E-state index in [0.29, 0.717) is 18.2 Å². The summed E-state index contributed by atoms with van der Waals surface area (Å²) < 4.78 is 13.4. The molecule has 0 bridgehead atoms. The second-order valence-electron chi connectivity index (χ2n) is 5.45. The lowest BCUT2D eigenvalue weighted by molar-refractivity contribution is 0.0698. The van der Waals surface area contributed by atoms with Crippen molar-refractivity contribution in [1.29, 1.82) is 0 Å². The summed E-state index contributed by atoms with van der Waals surface area (Å²) >= 11 is 0. The third kappa shape index (κ3) is 3.64. The van der Waals surface area contributed by atoms with Crippen molar-refractivity contribution in [2.75, 3.05) is 37.2 Å². The van der Waals surface area contributed by atoms with E-state index in [1.54, 1.807) is 0 Å². The molecule has 2 rings (SSSR count). The Morgan fingerprint density at radius 3 is 2.71 bits per heavy atom. The SMILES string of the molecule is CCN1CCC(CNc2ccc(F)c(N)c2C(=O)O)CC1. The van der Waals surface area contributed by atoms with Crippen molar-refractivity contribution in [3.63, 3.8) is 0 Å². The van der Waals surface area contributed by atoms with Crippen molar-refractivity contribution in [1.82, 2.24) is 4.90 Å². The fourth-order valence-corrected chi connectivity index (χ4v) is 2.73. The molecule has 21 heavy (non-hydrogen) atoms. The van der Waals surface area contributed by atoms with Crippen LogP contribution in [-0.2, 0) is 0 Å². The number of hydrogen-bond donors (Lipinski definition) is 3. The highest BCUT2D eigenvalue weighted by molar-refractivity contribution is 6.00. The van der Waals surface area contributed by atoms with Gasteiger partial charge in [0.1, 0.15) is 11.4 Å². The maximum absolute atomic E-state index is 13.4. The molecule has 5 nitrogen and oxygen atoms in total. The number of aromatic carboxylic acids is 1. The zero-order chi connectivity index (χ0) is 15.4. The zero-order valence-electron chi connectivity index (χ0n) is 12.2. The van der Waals surface area contributed by atoms with Gasteiger partial charge in [-0.15, -0.1) is 0 Å². The second-order valence-corrected chi connectivity index (χ2v) is 5.45. The van der Waals surface area contributed by atoms with E-state index < -0.39 is 11.8 Å². The van der Waals surface area contributed by atoms with Crippen LogP contribution in [-0.4, -0.2) is 42.2 Å². The number of nitrogens with zero attached hydrogens (tertiary/aromatic N) is 1. The first-order valence-corrected chi connectivity index (χ1v) is 7.30. The quantitative estimate of drug-likeness (QED) is 0.726. The molecule has 116 valence electrons. The fourth-order valence-electron chi connectivity index (χ4n) is 2.73. The number of piperidine rings is 1. The number of carbonyl (C=O) groups is 1. The van der Waals surface area contributed by atoms with Crippen LogP contribution < -0.4 is 11.1 Å². The Labute approximate surface area is 123 Å². The molecule has 0 aromatic heterocycles. The third-order valence-corrected chi connectivity index (χ3v) is 4.14. The smallest absolute Gasteiger partial charge is 0.340 e. The average Bonchev–Trinajstić information content (AvgIpc) is 2.48. The highest BCUT2D eigenvalue weighted by Crippen LogP contribution is 2.26. The number of nitrogens with one attached hydrogen (secondary N) is 1. The minimum atomic E-state index is -1.21. The molecule has 0 atom stereocenters. The molecule has 1 heterocycles. The van der Waals surface area contributed by atoms with Crippen LogP contribution in [0.15, 0.2) is 12.1 Å². The van der Waals surface area contributed by atoms with Crippen LogP contribution >= 0.6 is 0 Å². The maximum Gasteiger partial charge on any atom is 0.340 e. The zero-order valence-corrected chi connectivity index (χ0v) is 12.2. The maximum atomic E-state index is 13.4. The van der Waals surface area contributed by atoms with Crippen LogP contribution in [0, 0.1) is 11.7 Å². The Morgan fingerprint density at radius 1 is 1.48 bits per heavy atom. The largest absolute Gasteiger partial charge is 0.478 e. The topological polar surface area (TPSA) is 78.6 Å². The predicted octanol–water partition coefficient (Wildman–Crippen LogP) is 2.25. The predicted molar refractivity (Wildman–Crippen MR) is 81.1 cm³/mol. The summed E-state index contributed by atoms with van der Waals surface area (Å²) in [4.78, 5) is 13.6. The van der Waals surface area contributed by atoms with Crippen LogP contribution in [0.2, 0.25) is 0 Å². The highest BCUT2D eigenvalue weighted by atomic mass is 19.1. The number of anilines is 2. The van der Waals surface area contributed by atoms with Crippen LogP contribution in [0.1, 0.15) is 30.1 Å². The lowest BCUT2D eigenvalue weighted by Gasteiger charge is -2.31. The number of carboxylic acids is 1. The first-order valence-electron chi connectivity index (χ1n) is 7.30. The van der Waals surface area contributed by atoms with Crippen molar-refractivity contribution < 1.29 is 14.3 Å². The van der Waals surface area contributed by atoms with Gasteiger partial charge in [0.2, 0.25) is 0 Å². The minimum absolute atomic E-state index is 0.180. The van der Waals surface area contributed by atoms with Gasteiger partial charge in [0.15, 0.2) is 0 Å². The molecule has 0 aliphatic carbocycles. The van der Waals surface area contributed by atoms with Crippen molar-refractivity contribution in [2.24, 2.45) is 5.92 Å². The lowest BCUT2D eigenvalue weighted by Crippen LogP contribution is -2.35. The molecular formula is C15H22FN3O2. The minimum Gasteiger partial charge on any atom is -0.478 e. The molecule has 1 aliphatic heterocycles. The molecule has 1 fully saturated rings. The van der Waals surface area contributed by atoms with E-state index in [0.717, 1.165) is 32.5 Å². The molecule has 1 saturated heterocycles. The van der Waals surface area contributed by atoms with Crippen LogP contribution in [0.3, 0.4) is 0 Å². The van der Waals surface area contributed by atoms with E-state index in [-0.39, 0.29) is 11.3 Å². The van der Waals surface area contributed by atoms with Crippen molar-refractivity contribution in [3.8, 4) is 0 Å². The van der Waals surface area contributed by atoms with Gasteiger partial charge in [-0.05, 0) is 50.5 Å². The van der Waals surface area contributed by atoms with E-state index in [9.17, 15) is 14.3 Å². The first-order chi connectivity index (χ1) is 10.0. The molecule has 0 amide bonds. The van der Waals surface area contributed by atoms with Crippen LogP contribution in [0.4, 0.5) is 15.8 Å². The number of benzene rings is 1. The van der Waals surface area contributed by atoms with Gasteiger partial charge in [0, 0.05) is 6.54 Å². The van der Waals surface area contributed by atoms with Gasteiger partial charge in [-0.1, -0.05) is 6.92 Å². The number of nitrogens with two attached hydrogens (primary N) is 1. The van der Waals surface area contributed by atoms with Crippen molar-refractivity contribution >= 4 is 17.3 Å². The number of nitrogen functional groups attached to an aromatic ring is 1. The summed E-state index contributed by atoms with van der Waals surface area (Å²) in [5.41, 5.74) is 5.42. The van der Waals surface area contributed by atoms with Gasteiger partial charge < -0.3 is 21.1 Å². The fraction of sp³-hybridized carbons (Fsp3) is 0.533. The van der Waals surface area contributed by atoms with Gasteiger partial charge in [-0.2, -0.15) is 0 Å². The normalized spacial score (nSPS) is 16.9. The van der Waals surface area contributed by atoms with Crippen molar-refractivity contribution in [2.45, 2.75) is 19.8 Å². The summed E-state index contributed by atoms with van der Waals surface area (Å²) in [6.45, 7) is 6.04. The van der Waals surface area contributed by atoms with Gasteiger partial charge in [0.05, 0.1) is 11.4 Å². The summed E-state index contributed by atoms with van der Waals surface area (Å²) in [7, 11) is 0. The molecular weight excluding hydrogens is 273 g/mol. The molecule has 0 radical (unpaired) electrons. The van der Waals surface area contributed by atoms with Crippen LogP contribution in [0.5, 0.6) is 0 Å². The van der Waals surface area contributed by atoms with E-state index in [4.69, 9.17) is 5.73 Å². The average molecular weight is 295 g/mol. The molecule has 1 aliphatic rings. The number of halogens is 1. The number of likely N-dealkylation sites (tertiary alicyclic amines) is 1. The Balaban J connectivity index is 2.01. The molecule has 1 aromatic rings. The van der Waals surface area contributed by atoms with E-state index in [2.05, 4.69) is 17.1 Å². The summed E-state index contributed by atoms with van der Waals surface area (Å²) in [6, 6.07) is 2.64. The number of rotatable bonds is 5. The Kier molecular flexibility index (Phi) is 5.01. The van der Waals surface area contributed by atoms with Gasteiger partial charge >= 0.3 is 5.97 Å².